The average molecular weight is 1430 g/mol. The van der Waals surface area contributed by atoms with E-state index in [1.54, 1.807) is 0 Å². The summed E-state index contributed by atoms with van der Waals surface area (Å²) < 4.78 is 19.3. The molecule has 0 fully saturated rings. The Morgan fingerprint density at radius 1 is 0.188 bits per heavy atom. The zero-order valence-corrected chi connectivity index (χ0v) is 60.0. The van der Waals surface area contributed by atoms with Crippen LogP contribution in [0.5, 0.6) is 0 Å². The quantitative estimate of drug-likeness (QED) is 0.126. The van der Waals surface area contributed by atoms with Gasteiger partial charge in [0.2, 0.25) is 0 Å². The molecule has 0 aliphatic heterocycles. The Hall–Kier alpha value is -15.3. The molecule has 10 nitrogen and oxygen atoms in total. The topological polar surface area (TPSA) is 113 Å². The second-order valence-electron chi connectivity index (χ2n) is 28.8. The minimum absolute atomic E-state index is 0.508. The molecule has 0 unspecified atom stereocenters. The molecule has 0 amide bonds. The number of benzene rings is 17. The Morgan fingerprint density at radius 2 is 0.562 bits per heavy atom. The van der Waals surface area contributed by atoms with Gasteiger partial charge in [-0.1, -0.05) is 273 Å². The summed E-state index contributed by atoms with van der Waals surface area (Å²) in [4.78, 5) is 32.7. The molecule has 112 heavy (non-hydrogen) atoms. The van der Waals surface area contributed by atoms with E-state index in [1.807, 2.05) is 42.5 Å². The predicted octanol–water partition coefficient (Wildman–Crippen LogP) is 26.5. The molecule has 0 aliphatic rings. The lowest BCUT2D eigenvalue weighted by Crippen LogP contribution is -2.04. The predicted molar refractivity (Wildman–Crippen MR) is 458 cm³/mol. The molecule has 0 spiro atoms. The van der Waals surface area contributed by atoms with Crippen LogP contribution in [0.3, 0.4) is 0 Å². The summed E-state index contributed by atoms with van der Waals surface area (Å²) in [6, 6.07) is 128. The van der Waals surface area contributed by atoms with Crippen LogP contribution in [-0.4, -0.2) is 39.0 Å². The lowest BCUT2D eigenvalue weighted by atomic mass is 9.95. The van der Waals surface area contributed by atoms with Gasteiger partial charge in [0, 0.05) is 76.5 Å². The number of rotatable bonds is 11. The number of hydrogen-bond donors (Lipinski definition) is 0. The van der Waals surface area contributed by atoms with E-state index in [0.717, 1.165) is 187 Å². The Kier molecular flexibility index (Phi) is 14.1. The highest BCUT2D eigenvalue weighted by atomic mass is 16.3. The van der Waals surface area contributed by atoms with Crippen molar-refractivity contribution in [1.29, 1.82) is 0 Å². The fraction of sp³-hybridized carbons (Fsp3) is 0. The molecule has 0 radical (unpaired) electrons. The molecule has 17 aromatic carbocycles. The van der Waals surface area contributed by atoms with E-state index in [0.29, 0.717) is 40.5 Å². The number of furan rings is 2. The molecule has 0 saturated carbocycles. The second-order valence-corrected chi connectivity index (χ2v) is 28.8. The molecule has 520 valence electrons. The molecular formula is C102H60N8O2. The van der Waals surface area contributed by atoms with Crippen LogP contribution in [0.1, 0.15) is 0 Å². The maximum absolute atomic E-state index is 7.47. The molecule has 0 N–H and O–H groups in total. The Morgan fingerprint density at radius 3 is 1.16 bits per heavy atom. The lowest BCUT2D eigenvalue weighted by Gasteiger charge is -2.16. The van der Waals surface area contributed by atoms with E-state index in [-0.39, 0.29) is 0 Å². The molecule has 0 saturated heterocycles. The Labute approximate surface area is 640 Å². The maximum Gasteiger partial charge on any atom is 0.166 e. The average Bonchev–Trinajstić information content (AvgIpc) is 1.55. The molecule has 0 atom stereocenters. The van der Waals surface area contributed by atoms with Gasteiger partial charge in [-0.25, -0.2) is 29.9 Å². The Bertz CT molecular complexity index is 7810. The largest absolute Gasteiger partial charge is 0.454 e. The van der Waals surface area contributed by atoms with Crippen molar-refractivity contribution in [3.05, 3.63) is 364 Å². The minimum Gasteiger partial charge on any atom is -0.454 e. The van der Waals surface area contributed by atoms with Gasteiger partial charge in [-0.3, -0.25) is 0 Å². The van der Waals surface area contributed by atoms with Crippen LogP contribution in [0.2, 0.25) is 0 Å². The lowest BCUT2D eigenvalue weighted by molar-refractivity contribution is 0.666. The fourth-order valence-electron chi connectivity index (χ4n) is 17.0. The van der Waals surface area contributed by atoms with Gasteiger partial charge in [0.1, 0.15) is 22.5 Å². The van der Waals surface area contributed by atoms with Gasteiger partial charge in [0.25, 0.3) is 0 Å². The number of aromatic nitrogens is 8. The van der Waals surface area contributed by atoms with Crippen molar-refractivity contribution in [1.82, 2.24) is 39.0 Å². The summed E-state index contributed by atoms with van der Waals surface area (Å²) in [5.74, 6) is 3.21. The van der Waals surface area contributed by atoms with Crippen LogP contribution >= 0.6 is 0 Å². The summed E-state index contributed by atoms with van der Waals surface area (Å²) in [5.41, 5.74) is 20.3. The molecule has 6 aromatic heterocycles. The summed E-state index contributed by atoms with van der Waals surface area (Å²) >= 11 is 0. The van der Waals surface area contributed by atoms with E-state index in [9.17, 15) is 0 Å². The summed E-state index contributed by atoms with van der Waals surface area (Å²) in [6.45, 7) is 0. The normalized spacial score (nSPS) is 11.9. The van der Waals surface area contributed by atoms with Gasteiger partial charge in [-0.2, -0.15) is 0 Å². The zero-order valence-electron chi connectivity index (χ0n) is 60.0. The smallest absolute Gasteiger partial charge is 0.166 e. The fourth-order valence-corrected chi connectivity index (χ4v) is 17.0. The molecule has 23 rings (SSSR count). The minimum atomic E-state index is 0.508. The maximum atomic E-state index is 7.47. The summed E-state index contributed by atoms with van der Waals surface area (Å²) in [7, 11) is 0. The third-order valence-electron chi connectivity index (χ3n) is 22.4. The van der Waals surface area contributed by atoms with Crippen LogP contribution < -0.4 is 0 Å². The molecule has 6 heterocycles. The van der Waals surface area contributed by atoms with E-state index < -0.39 is 0 Å². The molecule has 0 aliphatic carbocycles. The van der Waals surface area contributed by atoms with Crippen molar-refractivity contribution in [3.8, 4) is 113 Å². The first kappa shape index (κ1) is 62.9. The van der Waals surface area contributed by atoms with Crippen molar-refractivity contribution in [2.45, 2.75) is 0 Å². The number of nitrogens with zero attached hydrogens (tertiary/aromatic N) is 8. The number of hydrogen-bond acceptors (Lipinski definition) is 8. The Balaban J connectivity index is 0.703. The van der Waals surface area contributed by atoms with Gasteiger partial charge in [0.15, 0.2) is 46.1 Å². The van der Waals surface area contributed by atoms with Crippen molar-refractivity contribution in [2.24, 2.45) is 0 Å². The monoisotopic (exact) mass is 1430 g/mol. The van der Waals surface area contributed by atoms with Crippen LogP contribution in [0.15, 0.2) is 373 Å². The van der Waals surface area contributed by atoms with E-state index in [2.05, 4.69) is 331 Å². The van der Waals surface area contributed by atoms with Gasteiger partial charge in [-0.15, -0.1) is 0 Å². The third-order valence-corrected chi connectivity index (χ3v) is 22.4. The number of fused-ring (bicyclic) bond motifs is 15. The van der Waals surface area contributed by atoms with E-state index in [1.165, 1.54) is 5.39 Å². The van der Waals surface area contributed by atoms with Crippen molar-refractivity contribution in [2.75, 3.05) is 0 Å². The highest BCUT2D eigenvalue weighted by molar-refractivity contribution is 6.21. The number of para-hydroxylation sites is 3. The highest BCUT2D eigenvalue weighted by Crippen LogP contribution is 2.48. The van der Waals surface area contributed by atoms with Gasteiger partial charge in [-0.05, 0) is 157 Å². The van der Waals surface area contributed by atoms with Crippen LogP contribution in [0.25, 0.3) is 233 Å². The highest BCUT2D eigenvalue weighted by Gasteiger charge is 2.29. The van der Waals surface area contributed by atoms with Gasteiger partial charge < -0.3 is 18.0 Å². The summed E-state index contributed by atoms with van der Waals surface area (Å²) in [6.07, 6.45) is 0. The first-order chi connectivity index (χ1) is 55.5. The van der Waals surface area contributed by atoms with E-state index in [4.69, 9.17) is 38.7 Å². The van der Waals surface area contributed by atoms with Crippen molar-refractivity contribution < 1.29 is 8.83 Å². The second kappa shape index (κ2) is 25.2. The molecule has 0 bridgehead atoms. The molecular weight excluding hydrogens is 1370 g/mol. The van der Waals surface area contributed by atoms with Crippen molar-refractivity contribution in [3.63, 3.8) is 0 Å². The van der Waals surface area contributed by atoms with Crippen LogP contribution in [0.4, 0.5) is 0 Å². The first-order valence-corrected chi connectivity index (χ1v) is 37.7. The molecule has 10 heteroatoms. The summed E-state index contributed by atoms with van der Waals surface area (Å²) in [5, 5.41) is 15.1. The van der Waals surface area contributed by atoms with Crippen LogP contribution in [-0.2, 0) is 0 Å². The van der Waals surface area contributed by atoms with Gasteiger partial charge >= 0.3 is 0 Å². The third kappa shape index (κ3) is 10.2. The van der Waals surface area contributed by atoms with Crippen molar-refractivity contribution >= 4 is 120 Å². The van der Waals surface area contributed by atoms with Gasteiger partial charge in [0.05, 0.1) is 22.1 Å². The zero-order chi connectivity index (χ0) is 73.5. The van der Waals surface area contributed by atoms with Crippen LogP contribution in [0, 0.1) is 0 Å². The molecule has 23 aromatic rings. The van der Waals surface area contributed by atoms with E-state index >= 15 is 0 Å². The standard InChI is InChI=1S/C102H60N8O2/c1-4-22-61(23-5-1)63-42-44-65(45-43-63)98-104-100(108-101(106-98)82-52-50-80-79-36-16-19-40-90(79)111-95(80)93(82)109-86-38-17-14-34-77(86)84-57-67-28-10-12-30-69(67)59-88(84)109)75-49-47-71-54-73(48-46-72(71)56-75)76-37-21-41-91-92(76)81-51-53-83(94(96(81)112-91)110-87-39-18-15-35-78(87)85-58-68-29-11-13-31-70(68)60-89(85)110)102-105-97(64-26-8-3-9-27-64)103-99(107-102)74-33-20-32-66(55-74)62-24-6-2-7-25-62/h1-60H. The first-order valence-electron chi connectivity index (χ1n) is 37.7. The SMILES string of the molecule is c1ccc(-c2ccc(-c3nc(-c4ccc5cc(-c6cccc7oc8c(-n9c%10ccccc%10c%10cc%11ccccc%11cc%109)c(-c9nc(-c%10ccccc%10)nc(-c%10cccc(-c%11ccccc%11)c%10)n9)ccc8c67)ccc5c4)nc(-c4ccc5c(oc6ccccc65)c4-n4c5ccccc5c5cc6ccccc6cc54)n3)cc2)cc1.